The highest BCUT2D eigenvalue weighted by molar-refractivity contribution is 6.22. The Morgan fingerprint density at radius 1 is 0.966 bits per heavy atom. The fraction of sp³-hybridized carbons (Fsp3) is 0.200. The van der Waals surface area contributed by atoms with Crippen molar-refractivity contribution in [1.29, 1.82) is 0 Å². The number of carboxylic acids is 2. The smallest absolute Gasteiger partial charge is 0.327 e. The van der Waals surface area contributed by atoms with E-state index in [0.29, 0.717) is 16.3 Å². The van der Waals surface area contributed by atoms with Gasteiger partial charge in [0.05, 0.1) is 18.2 Å². The summed E-state index contributed by atoms with van der Waals surface area (Å²) in [6.45, 7) is 0. The van der Waals surface area contributed by atoms with Crippen LogP contribution in [0.15, 0.2) is 48.5 Å². The van der Waals surface area contributed by atoms with Crippen LogP contribution in [0.3, 0.4) is 0 Å². The third kappa shape index (κ3) is 3.88. The summed E-state index contributed by atoms with van der Waals surface area (Å²) in [5.74, 6) is -3.74. The number of nitrogens with zero attached hydrogens (tertiary/aromatic N) is 1. The van der Waals surface area contributed by atoms with Crippen LogP contribution >= 0.6 is 0 Å². The van der Waals surface area contributed by atoms with Gasteiger partial charge in [0, 0.05) is 12.1 Å². The first-order valence-corrected chi connectivity index (χ1v) is 8.66. The molecule has 3 N–H and O–H groups in total. The van der Waals surface area contributed by atoms with Gasteiger partial charge in [-0.15, -0.1) is 0 Å². The first-order chi connectivity index (χ1) is 13.8. The van der Waals surface area contributed by atoms with E-state index in [1.165, 1.54) is 19.2 Å². The summed E-state index contributed by atoms with van der Waals surface area (Å²) in [7, 11) is 1.49. The summed E-state index contributed by atoms with van der Waals surface area (Å²) >= 11 is 0. The number of carboxylic acid groups (broad SMARTS) is 2. The monoisotopic (exact) mass is 398 g/mol. The Labute approximate surface area is 165 Å². The number of carbonyl (C=O) groups is 4. The lowest BCUT2D eigenvalue weighted by Crippen LogP contribution is -2.48. The molecule has 2 aromatic carbocycles. The molecule has 0 saturated heterocycles. The molecule has 29 heavy (non-hydrogen) atoms. The lowest BCUT2D eigenvalue weighted by Gasteiger charge is -2.26. The highest BCUT2D eigenvalue weighted by atomic mass is 16.5. The summed E-state index contributed by atoms with van der Waals surface area (Å²) < 4.78 is 5.04. The van der Waals surface area contributed by atoms with E-state index in [1.807, 2.05) is 0 Å². The first kappa shape index (κ1) is 19.9. The standard InChI is InChI=1S/C20H18N2O7/c1-29-12-8-6-11(7-9-12)21-15(19(25)26)10-16(20(27)28)22-17(23)13-4-2-3-5-14(13)18(22)24/h2-9,15-16,21H,10H2,1H3,(H,25,26)(H,27,28)/t15-,16-/m0/s1. The number of rotatable bonds is 8. The Balaban J connectivity index is 1.84. The number of imide groups is 1. The lowest BCUT2D eigenvalue weighted by molar-refractivity contribution is -0.143. The number of carbonyl (C=O) groups excluding carboxylic acids is 2. The van der Waals surface area contributed by atoms with Crippen molar-refractivity contribution in [3.63, 3.8) is 0 Å². The molecule has 0 fully saturated rings. The quantitative estimate of drug-likeness (QED) is 0.572. The maximum atomic E-state index is 12.6. The van der Waals surface area contributed by atoms with Gasteiger partial charge in [0.1, 0.15) is 17.8 Å². The number of benzene rings is 2. The van der Waals surface area contributed by atoms with Crippen LogP contribution < -0.4 is 10.1 Å². The van der Waals surface area contributed by atoms with Gasteiger partial charge < -0.3 is 20.3 Å². The van der Waals surface area contributed by atoms with Gasteiger partial charge in [-0.1, -0.05) is 12.1 Å². The predicted octanol–water partition coefficient (Wildman–Crippen LogP) is 1.70. The first-order valence-electron chi connectivity index (χ1n) is 8.66. The summed E-state index contributed by atoms with van der Waals surface area (Å²) in [5, 5.41) is 21.9. The highest BCUT2D eigenvalue weighted by Gasteiger charge is 2.44. The lowest BCUT2D eigenvalue weighted by atomic mass is 10.0. The predicted molar refractivity (Wildman–Crippen MR) is 101 cm³/mol. The second-order valence-electron chi connectivity index (χ2n) is 6.38. The maximum Gasteiger partial charge on any atom is 0.327 e. The van der Waals surface area contributed by atoms with E-state index in [2.05, 4.69) is 5.32 Å². The van der Waals surface area contributed by atoms with Gasteiger partial charge in [0.2, 0.25) is 0 Å². The fourth-order valence-corrected chi connectivity index (χ4v) is 3.14. The molecule has 0 unspecified atom stereocenters. The minimum Gasteiger partial charge on any atom is -0.497 e. The highest BCUT2D eigenvalue weighted by Crippen LogP contribution is 2.27. The number of aliphatic carboxylic acids is 2. The Morgan fingerprint density at radius 2 is 1.52 bits per heavy atom. The van der Waals surface area contributed by atoms with Crippen LogP contribution in [0.4, 0.5) is 5.69 Å². The molecule has 9 nitrogen and oxygen atoms in total. The van der Waals surface area contributed by atoms with Crippen LogP contribution in [0, 0.1) is 0 Å². The van der Waals surface area contributed by atoms with Crippen LogP contribution in [0.5, 0.6) is 5.75 Å². The van der Waals surface area contributed by atoms with E-state index in [9.17, 15) is 29.4 Å². The van der Waals surface area contributed by atoms with E-state index in [4.69, 9.17) is 4.74 Å². The second kappa shape index (κ2) is 8.01. The Morgan fingerprint density at radius 3 is 1.97 bits per heavy atom. The molecule has 0 bridgehead atoms. The topological polar surface area (TPSA) is 133 Å². The van der Waals surface area contributed by atoms with Gasteiger partial charge >= 0.3 is 11.9 Å². The van der Waals surface area contributed by atoms with E-state index < -0.39 is 42.3 Å². The maximum absolute atomic E-state index is 12.6. The van der Waals surface area contributed by atoms with Crippen molar-refractivity contribution in [2.45, 2.75) is 18.5 Å². The van der Waals surface area contributed by atoms with Gasteiger partial charge in [-0.25, -0.2) is 9.59 Å². The Kier molecular flexibility index (Phi) is 5.49. The average molecular weight is 398 g/mol. The van der Waals surface area contributed by atoms with Crippen molar-refractivity contribution in [3.05, 3.63) is 59.7 Å². The fourth-order valence-electron chi connectivity index (χ4n) is 3.14. The molecule has 3 rings (SSSR count). The van der Waals surface area contributed by atoms with Crippen molar-refractivity contribution < 1.29 is 34.1 Å². The van der Waals surface area contributed by atoms with Crippen LogP contribution in [0.2, 0.25) is 0 Å². The van der Waals surface area contributed by atoms with Crippen LogP contribution in [0.25, 0.3) is 0 Å². The van der Waals surface area contributed by atoms with E-state index in [1.54, 1.807) is 36.4 Å². The molecule has 2 aromatic rings. The van der Waals surface area contributed by atoms with Crippen molar-refractivity contribution in [2.75, 3.05) is 12.4 Å². The second-order valence-corrected chi connectivity index (χ2v) is 6.38. The average Bonchev–Trinajstić information content (AvgIpc) is 2.96. The zero-order valence-corrected chi connectivity index (χ0v) is 15.4. The summed E-state index contributed by atoms with van der Waals surface area (Å²) in [5.41, 5.74) is 0.613. The number of methoxy groups -OCH3 is 1. The molecule has 1 aliphatic heterocycles. The van der Waals surface area contributed by atoms with Gasteiger partial charge in [-0.05, 0) is 36.4 Å². The number of ether oxygens (including phenoxy) is 1. The zero-order valence-electron chi connectivity index (χ0n) is 15.4. The Hall–Kier alpha value is -3.88. The van der Waals surface area contributed by atoms with Crippen LogP contribution in [0.1, 0.15) is 27.1 Å². The SMILES string of the molecule is COc1ccc(N[C@@H](C[C@@H](C(=O)O)N2C(=O)c3ccccc3C2=O)C(=O)O)cc1. The summed E-state index contributed by atoms with van der Waals surface area (Å²) in [6, 6.07) is 9.36. The molecule has 9 heteroatoms. The van der Waals surface area contributed by atoms with Crippen LogP contribution in [-0.4, -0.2) is 58.1 Å². The van der Waals surface area contributed by atoms with E-state index in [0.717, 1.165) is 0 Å². The van der Waals surface area contributed by atoms with Gasteiger partial charge in [-0.3, -0.25) is 14.5 Å². The minimum atomic E-state index is -1.64. The molecule has 1 heterocycles. The van der Waals surface area contributed by atoms with Crippen molar-refractivity contribution in [3.8, 4) is 5.75 Å². The number of amides is 2. The molecule has 2 atom stereocenters. The molecular weight excluding hydrogens is 380 g/mol. The summed E-state index contributed by atoms with van der Waals surface area (Å²) in [6.07, 6.45) is -0.512. The molecule has 0 radical (unpaired) electrons. The van der Waals surface area contributed by atoms with E-state index in [-0.39, 0.29) is 11.1 Å². The number of anilines is 1. The molecular formula is C20H18N2O7. The molecule has 1 aliphatic rings. The summed E-state index contributed by atoms with van der Waals surface area (Å²) in [4.78, 5) is 49.3. The minimum absolute atomic E-state index is 0.0961. The molecule has 0 spiro atoms. The number of hydrogen-bond donors (Lipinski definition) is 3. The zero-order chi connectivity index (χ0) is 21.1. The number of nitrogens with one attached hydrogen (secondary N) is 1. The van der Waals surface area contributed by atoms with Gasteiger partial charge in [0.15, 0.2) is 0 Å². The van der Waals surface area contributed by atoms with Crippen molar-refractivity contribution in [2.24, 2.45) is 0 Å². The van der Waals surface area contributed by atoms with Gasteiger partial charge in [0.25, 0.3) is 11.8 Å². The third-order valence-electron chi connectivity index (χ3n) is 4.61. The van der Waals surface area contributed by atoms with E-state index >= 15 is 0 Å². The van der Waals surface area contributed by atoms with Crippen LogP contribution in [-0.2, 0) is 9.59 Å². The third-order valence-corrected chi connectivity index (χ3v) is 4.61. The Bertz CT molecular complexity index is 936. The largest absolute Gasteiger partial charge is 0.497 e. The molecule has 2 amide bonds. The normalized spacial score (nSPS) is 14.9. The molecule has 150 valence electrons. The number of hydrogen-bond acceptors (Lipinski definition) is 6. The van der Waals surface area contributed by atoms with Crippen molar-refractivity contribution >= 4 is 29.4 Å². The molecule has 0 aliphatic carbocycles. The van der Waals surface area contributed by atoms with Gasteiger partial charge in [-0.2, -0.15) is 0 Å². The van der Waals surface area contributed by atoms with Crippen molar-refractivity contribution in [1.82, 2.24) is 4.90 Å². The molecule has 0 aromatic heterocycles. The molecule has 0 saturated carbocycles. The number of fused-ring (bicyclic) bond motifs is 1.